The van der Waals surface area contributed by atoms with E-state index in [2.05, 4.69) is 27.4 Å². The van der Waals surface area contributed by atoms with Crippen LogP contribution in [0.1, 0.15) is 46.0 Å². The molecule has 2 unspecified atom stereocenters. The lowest BCUT2D eigenvalue weighted by Crippen LogP contribution is -2.44. The first-order valence-corrected chi connectivity index (χ1v) is 10.8. The molecule has 6 nitrogen and oxygen atoms in total. The van der Waals surface area contributed by atoms with Crippen LogP contribution in [0.15, 0.2) is 4.99 Å². The van der Waals surface area contributed by atoms with Crippen molar-refractivity contribution >= 4 is 39.8 Å². The first-order valence-electron chi connectivity index (χ1n) is 8.71. The van der Waals surface area contributed by atoms with E-state index < -0.39 is 9.84 Å². The third kappa shape index (κ3) is 10.7. The van der Waals surface area contributed by atoms with Crippen LogP contribution in [0.2, 0.25) is 0 Å². The number of aliphatic imine (C=N–C) groups is 1. The molecular formula is C16H35IN4O2S. The Morgan fingerprint density at radius 3 is 2.67 bits per heavy atom. The molecule has 1 saturated heterocycles. The topological polar surface area (TPSA) is 73.8 Å². The van der Waals surface area contributed by atoms with Crippen LogP contribution in [-0.2, 0) is 9.84 Å². The molecule has 1 aliphatic rings. The Kier molecular flexibility index (Phi) is 12.2. The Morgan fingerprint density at radius 1 is 1.38 bits per heavy atom. The Labute approximate surface area is 165 Å². The monoisotopic (exact) mass is 474 g/mol. The van der Waals surface area contributed by atoms with Gasteiger partial charge in [-0.3, -0.25) is 4.99 Å². The van der Waals surface area contributed by atoms with Crippen molar-refractivity contribution in [2.24, 2.45) is 4.99 Å². The molecule has 0 aromatic heterocycles. The van der Waals surface area contributed by atoms with Gasteiger partial charge >= 0.3 is 0 Å². The van der Waals surface area contributed by atoms with E-state index in [0.29, 0.717) is 12.5 Å². The maximum atomic E-state index is 11.2. The summed E-state index contributed by atoms with van der Waals surface area (Å²) in [6, 6.07) is 0.787. The minimum atomic E-state index is -2.91. The second-order valence-corrected chi connectivity index (χ2v) is 8.96. The van der Waals surface area contributed by atoms with Crippen molar-refractivity contribution in [3.63, 3.8) is 0 Å². The predicted molar refractivity (Wildman–Crippen MR) is 113 cm³/mol. The van der Waals surface area contributed by atoms with E-state index in [0.717, 1.165) is 25.5 Å². The van der Waals surface area contributed by atoms with Gasteiger partial charge in [0.1, 0.15) is 9.84 Å². The average molecular weight is 474 g/mol. The fraction of sp³-hybridized carbons (Fsp3) is 0.938. The van der Waals surface area contributed by atoms with E-state index in [1.165, 1.54) is 32.1 Å². The van der Waals surface area contributed by atoms with Gasteiger partial charge in [0.05, 0.1) is 5.75 Å². The third-order valence-electron chi connectivity index (χ3n) is 4.38. The summed E-state index contributed by atoms with van der Waals surface area (Å²) in [4.78, 5) is 6.77. The first kappa shape index (κ1) is 23.9. The zero-order chi connectivity index (χ0) is 17.3. The zero-order valence-corrected chi connectivity index (χ0v) is 18.7. The molecule has 8 heteroatoms. The van der Waals surface area contributed by atoms with Crippen molar-refractivity contribution in [2.75, 3.05) is 38.7 Å². The van der Waals surface area contributed by atoms with Crippen molar-refractivity contribution in [2.45, 2.75) is 58.0 Å². The quantitative estimate of drug-likeness (QED) is 0.243. The van der Waals surface area contributed by atoms with Gasteiger partial charge in [-0.2, -0.15) is 0 Å². The summed E-state index contributed by atoms with van der Waals surface area (Å²) < 4.78 is 22.4. The second kappa shape index (κ2) is 12.3. The number of likely N-dealkylation sites (tertiary alicyclic amines) is 1. The number of nitrogens with zero attached hydrogens (tertiary/aromatic N) is 2. The lowest BCUT2D eigenvalue weighted by atomic mass is 10.0. The van der Waals surface area contributed by atoms with Crippen molar-refractivity contribution in [3.05, 3.63) is 0 Å². The van der Waals surface area contributed by atoms with Gasteiger partial charge < -0.3 is 15.5 Å². The molecule has 1 aliphatic heterocycles. The summed E-state index contributed by atoms with van der Waals surface area (Å²) in [5, 5.41) is 6.56. The molecule has 0 radical (unpaired) electrons. The Hall–Kier alpha value is -0.0900. The molecule has 144 valence electrons. The number of hydrogen-bond acceptors (Lipinski definition) is 4. The average Bonchev–Trinajstić information content (AvgIpc) is 2.49. The summed E-state index contributed by atoms with van der Waals surface area (Å²) in [6.45, 7) is 7.51. The second-order valence-electron chi connectivity index (χ2n) is 6.70. The maximum Gasteiger partial charge on any atom is 0.191 e. The molecule has 0 aromatic carbocycles. The summed E-state index contributed by atoms with van der Waals surface area (Å²) in [5.74, 6) is 0.947. The van der Waals surface area contributed by atoms with Crippen LogP contribution >= 0.6 is 24.0 Å². The van der Waals surface area contributed by atoms with Gasteiger partial charge in [0.25, 0.3) is 0 Å². The summed E-state index contributed by atoms with van der Waals surface area (Å²) in [7, 11) is -1.16. The number of guanidine groups is 1. The van der Waals surface area contributed by atoms with E-state index in [9.17, 15) is 8.42 Å². The van der Waals surface area contributed by atoms with Crippen LogP contribution < -0.4 is 10.6 Å². The minimum Gasteiger partial charge on any atom is -0.356 e. The molecule has 24 heavy (non-hydrogen) atoms. The largest absolute Gasteiger partial charge is 0.356 e. The highest BCUT2D eigenvalue weighted by Crippen LogP contribution is 2.15. The van der Waals surface area contributed by atoms with Crippen LogP contribution in [0, 0.1) is 0 Å². The smallest absolute Gasteiger partial charge is 0.191 e. The van der Waals surface area contributed by atoms with Crippen LogP contribution in [0.4, 0.5) is 0 Å². The molecule has 2 N–H and O–H groups in total. The van der Waals surface area contributed by atoms with E-state index in [-0.39, 0.29) is 35.8 Å². The molecule has 0 spiro atoms. The van der Waals surface area contributed by atoms with Crippen LogP contribution in [0.3, 0.4) is 0 Å². The molecule has 0 saturated carbocycles. The maximum absolute atomic E-state index is 11.2. The molecule has 0 aliphatic carbocycles. The molecule has 0 amide bonds. The lowest BCUT2D eigenvalue weighted by Gasteiger charge is -2.33. The van der Waals surface area contributed by atoms with Gasteiger partial charge in [-0.05, 0) is 46.1 Å². The molecule has 1 rings (SSSR count). The summed E-state index contributed by atoms with van der Waals surface area (Å²) in [6.07, 6.45) is 6.94. The van der Waals surface area contributed by atoms with E-state index in [1.807, 2.05) is 6.92 Å². The lowest BCUT2D eigenvalue weighted by molar-refractivity contribution is 0.159. The number of rotatable bonds is 8. The predicted octanol–water partition coefficient (Wildman–Crippen LogP) is 1.86. The van der Waals surface area contributed by atoms with Crippen molar-refractivity contribution in [3.8, 4) is 0 Å². The molecule has 1 fully saturated rings. The number of sulfone groups is 1. The Morgan fingerprint density at radius 2 is 2.08 bits per heavy atom. The summed E-state index contributed by atoms with van der Waals surface area (Å²) >= 11 is 0. The third-order valence-corrected chi connectivity index (χ3v) is 5.36. The normalized spacial score (nSPS) is 21.0. The zero-order valence-electron chi connectivity index (χ0n) is 15.5. The minimum absolute atomic E-state index is 0. The van der Waals surface area contributed by atoms with E-state index in [4.69, 9.17) is 0 Å². The number of piperidine rings is 1. The van der Waals surface area contributed by atoms with Crippen molar-refractivity contribution < 1.29 is 8.42 Å². The highest BCUT2D eigenvalue weighted by atomic mass is 127. The van der Waals surface area contributed by atoms with Gasteiger partial charge in [0.2, 0.25) is 0 Å². The summed E-state index contributed by atoms with van der Waals surface area (Å²) in [5.41, 5.74) is 0. The molecule has 2 atom stereocenters. The first-order chi connectivity index (χ1) is 10.8. The molecule has 1 heterocycles. The fourth-order valence-corrected chi connectivity index (χ4v) is 3.65. The fourth-order valence-electron chi connectivity index (χ4n) is 2.87. The van der Waals surface area contributed by atoms with Gasteiger partial charge in [-0.1, -0.05) is 6.42 Å². The Balaban J connectivity index is 0.00000529. The SMILES string of the molecule is CN=C(NCCCN1CCCCC1C)NC(C)CCS(C)(=O)=O.I. The standard InChI is InChI=1S/C16H34N4O2S.HI/c1-14(9-13-23(4,21)22)19-16(17-3)18-10-7-12-20-11-6-5-8-15(20)2;/h14-15H,5-13H2,1-4H3,(H2,17,18,19);1H. The van der Waals surface area contributed by atoms with Gasteiger partial charge in [-0.15, -0.1) is 24.0 Å². The Bertz CT molecular complexity index is 471. The van der Waals surface area contributed by atoms with Gasteiger partial charge in [0, 0.05) is 38.5 Å². The number of hydrogen-bond donors (Lipinski definition) is 2. The highest BCUT2D eigenvalue weighted by Gasteiger charge is 2.17. The number of halogens is 1. The van der Waals surface area contributed by atoms with Crippen LogP contribution in [0.25, 0.3) is 0 Å². The van der Waals surface area contributed by atoms with E-state index >= 15 is 0 Å². The van der Waals surface area contributed by atoms with Crippen molar-refractivity contribution in [1.29, 1.82) is 0 Å². The molecule has 0 aromatic rings. The van der Waals surface area contributed by atoms with Crippen molar-refractivity contribution in [1.82, 2.24) is 15.5 Å². The molecular weight excluding hydrogens is 439 g/mol. The van der Waals surface area contributed by atoms with E-state index in [1.54, 1.807) is 7.05 Å². The highest BCUT2D eigenvalue weighted by molar-refractivity contribution is 14.0. The van der Waals surface area contributed by atoms with Crippen LogP contribution in [-0.4, -0.2) is 70.1 Å². The van der Waals surface area contributed by atoms with Gasteiger partial charge in [0.15, 0.2) is 5.96 Å². The number of nitrogens with one attached hydrogen (secondary N) is 2. The van der Waals surface area contributed by atoms with Gasteiger partial charge in [-0.25, -0.2) is 8.42 Å². The van der Waals surface area contributed by atoms with Crippen LogP contribution in [0.5, 0.6) is 0 Å². The molecule has 0 bridgehead atoms.